The van der Waals surface area contributed by atoms with Gasteiger partial charge in [-0.05, 0) is 18.6 Å². The highest BCUT2D eigenvalue weighted by Crippen LogP contribution is 2.26. The van der Waals surface area contributed by atoms with Crippen LogP contribution in [0.25, 0.3) is 0 Å². The molecular formula is C8H8N2O3S2. The second kappa shape index (κ2) is 3.90. The molecule has 0 N–H and O–H groups in total. The summed E-state index contributed by atoms with van der Waals surface area (Å²) in [6.07, 6.45) is 0.704. The molecule has 0 atom stereocenters. The predicted octanol–water partition coefficient (Wildman–Crippen LogP) is 0.946. The maximum atomic E-state index is 11.9. The average molecular weight is 244 g/mol. The second-order valence-corrected chi connectivity index (χ2v) is 6.09. The predicted molar refractivity (Wildman–Crippen MR) is 53.5 cm³/mol. The third kappa shape index (κ3) is 1.89. The minimum Gasteiger partial charge on any atom is -0.284 e. The van der Waals surface area contributed by atoms with Gasteiger partial charge in [0.05, 0.1) is 6.61 Å². The molecule has 0 aromatic carbocycles. The van der Waals surface area contributed by atoms with Crippen LogP contribution in [0, 0.1) is 11.3 Å². The molecule has 1 saturated heterocycles. The monoisotopic (exact) mass is 244 g/mol. The van der Waals surface area contributed by atoms with Crippen molar-refractivity contribution in [3.63, 3.8) is 0 Å². The Morgan fingerprint density at radius 2 is 2.33 bits per heavy atom. The van der Waals surface area contributed by atoms with Crippen LogP contribution in [0.15, 0.2) is 16.3 Å². The summed E-state index contributed by atoms with van der Waals surface area (Å²) in [4.78, 5) is 5.37. The van der Waals surface area contributed by atoms with E-state index >= 15 is 0 Å². The number of hydroxylamine groups is 1. The molecule has 1 aliphatic heterocycles. The first-order chi connectivity index (χ1) is 7.14. The van der Waals surface area contributed by atoms with Gasteiger partial charge in [0.25, 0.3) is 10.0 Å². The second-order valence-electron chi connectivity index (χ2n) is 2.95. The summed E-state index contributed by atoms with van der Waals surface area (Å²) >= 11 is 0.956. The Morgan fingerprint density at radius 1 is 1.53 bits per heavy atom. The topological polar surface area (TPSA) is 70.4 Å². The summed E-state index contributed by atoms with van der Waals surface area (Å²) in [6.45, 7) is 0.803. The van der Waals surface area contributed by atoms with E-state index < -0.39 is 10.0 Å². The van der Waals surface area contributed by atoms with Crippen molar-refractivity contribution >= 4 is 21.4 Å². The van der Waals surface area contributed by atoms with Crippen molar-refractivity contribution in [2.75, 3.05) is 13.2 Å². The number of nitrogens with zero attached hydrogens (tertiary/aromatic N) is 2. The zero-order chi connectivity index (χ0) is 10.9. The molecule has 0 spiro atoms. The fraction of sp³-hybridized carbons (Fsp3) is 0.375. The number of sulfonamides is 1. The van der Waals surface area contributed by atoms with Crippen LogP contribution in [0.5, 0.6) is 0 Å². The maximum Gasteiger partial charge on any atom is 0.274 e. The van der Waals surface area contributed by atoms with Gasteiger partial charge in [-0.2, -0.15) is 5.26 Å². The Kier molecular flexibility index (Phi) is 2.75. The van der Waals surface area contributed by atoms with Crippen molar-refractivity contribution in [2.24, 2.45) is 0 Å². The number of hydrogen-bond donors (Lipinski definition) is 0. The minimum atomic E-state index is -3.55. The number of thiophene rings is 1. The van der Waals surface area contributed by atoms with E-state index in [4.69, 9.17) is 10.1 Å². The van der Waals surface area contributed by atoms with Crippen molar-refractivity contribution in [1.82, 2.24) is 4.47 Å². The van der Waals surface area contributed by atoms with Gasteiger partial charge in [-0.25, -0.2) is 8.42 Å². The van der Waals surface area contributed by atoms with Crippen LogP contribution < -0.4 is 0 Å². The quantitative estimate of drug-likeness (QED) is 0.776. The van der Waals surface area contributed by atoms with Crippen molar-refractivity contribution < 1.29 is 13.3 Å². The van der Waals surface area contributed by atoms with Crippen LogP contribution in [0.1, 0.15) is 11.3 Å². The van der Waals surface area contributed by atoms with E-state index in [2.05, 4.69) is 0 Å². The fourth-order valence-corrected chi connectivity index (χ4v) is 3.73. The van der Waals surface area contributed by atoms with Gasteiger partial charge in [-0.1, -0.05) is 4.47 Å². The smallest absolute Gasteiger partial charge is 0.274 e. The minimum absolute atomic E-state index is 0.154. The highest BCUT2D eigenvalue weighted by atomic mass is 32.2. The number of hydrogen-bond acceptors (Lipinski definition) is 5. The van der Waals surface area contributed by atoms with E-state index in [1.807, 2.05) is 6.07 Å². The van der Waals surface area contributed by atoms with Crippen LogP contribution in [-0.4, -0.2) is 26.0 Å². The first-order valence-electron chi connectivity index (χ1n) is 4.30. The van der Waals surface area contributed by atoms with Crippen LogP contribution in [-0.2, 0) is 14.9 Å². The lowest BCUT2D eigenvalue weighted by Crippen LogP contribution is -2.25. The lowest BCUT2D eigenvalue weighted by atomic mass is 10.5. The van der Waals surface area contributed by atoms with Crippen LogP contribution in [0.3, 0.4) is 0 Å². The van der Waals surface area contributed by atoms with Crippen LogP contribution in [0.2, 0.25) is 0 Å². The number of rotatable bonds is 2. The summed E-state index contributed by atoms with van der Waals surface area (Å²) < 4.78 is 24.9. The molecule has 0 radical (unpaired) electrons. The Morgan fingerprint density at radius 3 is 2.87 bits per heavy atom. The number of nitriles is 1. The van der Waals surface area contributed by atoms with Gasteiger partial charge in [0.15, 0.2) is 0 Å². The first kappa shape index (κ1) is 10.6. The Hall–Kier alpha value is -0.940. The van der Waals surface area contributed by atoms with E-state index in [0.717, 1.165) is 15.8 Å². The molecule has 7 heteroatoms. The molecule has 2 heterocycles. The summed E-state index contributed by atoms with van der Waals surface area (Å²) in [5.41, 5.74) is 0. The largest absolute Gasteiger partial charge is 0.284 e. The molecule has 5 nitrogen and oxygen atoms in total. The lowest BCUT2D eigenvalue weighted by molar-refractivity contribution is -0.0282. The van der Waals surface area contributed by atoms with Crippen molar-refractivity contribution in [1.29, 1.82) is 5.26 Å². The molecule has 15 heavy (non-hydrogen) atoms. The molecule has 80 valence electrons. The molecule has 0 bridgehead atoms. The Balaban J connectivity index is 2.33. The van der Waals surface area contributed by atoms with Gasteiger partial charge in [-0.3, -0.25) is 4.84 Å². The van der Waals surface area contributed by atoms with Crippen molar-refractivity contribution in [3.05, 3.63) is 17.0 Å². The molecular weight excluding hydrogens is 236 g/mol. The summed E-state index contributed by atoms with van der Waals surface area (Å²) in [5, 5.41) is 8.60. The molecule has 1 aliphatic rings. The maximum absolute atomic E-state index is 11.9. The van der Waals surface area contributed by atoms with E-state index in [9.17, 15) is 8.42 Å². The first-order valence-corrected chi connectivity index (χ1v) is 6.56. The summed E-state index contributed by atoms with van der Waals surface area (Å²) in [6, 6.07) is 4.83. The van der Waals surface area contributed by atoms with Crippen LogP contribution >= 0.6 is 11.3 Å². The van der Waals surface area contributed by atoms with Gasteiger partial charge in [-0.15, -0.1) is 11.3 Å². The van der Waals surface area contributed by atoms with Gasteiger partial charge >= 0.3 is 0 Å². The third-order valence-electron chi connectivity index (χ3n) is 1.93. The molecule has 0 unspecified atom stereocenters. The summed E-state index contributed by atoms with van der Waals surface area (Å²) in [7, 11) is -3.55. The highest BCUT2D eigenvalue weighted by molar-refractivity contribution is 7.91. The van der Waals surface area contributed by atoms with Gasteiger partial charge in [0.1, 0.15) is 15.2 Å². The molecule has 0 amide bonds. The molecule has 0 saturated carbocycles. The van der Waals surface area contributed by atoms with Gasteiger partial charge in [0, 0.05) is 6.54 Å². The van der Waals surface area contributed by atoms with Gasteiger partial charge in [0.2, 0.25) is 0 Å². The normalized spacial score (nSPS) is 17.8. The molecule has 1 aromatic rings. The summed E-state index contributed by atoms with van der Waals surface area (Å²) in [5.74, 6) is 0. The van der Waals surface area contributed by atoms with E-state index in [1.54, 1.807) is 0 Å². The highest BCUT2D eigenvalue weighted by Gasteiger charge is 2.29. The fourth-order valence-electron chi connectivity index (χ4n) is 1.23. The standard InChI is InChI=1S/C8H8N2O3S2/c9-6-7-2-3-8(14-7)15(11,12)10-4-1-5-13-10/h2-3H,1,4-5H2. The zero-order valence-corrected chi connectivity index (χ0v) is 9.34. The molecule has 0 aliphatic carbocycles. The molecule has 2 rings (SSSR count). The molecule has 1 aromatic heterocycles. The SMILES string of the molecule is N#Cc1ccc(S(=O)(=O)N2CCCO2)s1. The third-order valence-corrected chi connectivity index (χ3v) is 5.07. The average Bonchev–Trinajstić information content (AvgIpc) is 2.89. The zero-order valence-electron chi connectivity index (χ0n) is 7.71. The van der Waals surface area contributed by atoms with E-state index in [0.29, 0.717) is 24.4 Å². The van der Waals surface area contributed by atoms with Crippen LogP contribution in [0.4, 0.5) is 0 Å². The van der Waals surface area contributed by atoms with Crippen molar-refractivity contribution in [3.8, 4) is 6.07 Å². The Labute approximate surface area is 91.5 Å². The van der Waals surface area contributed by atoms with Gasteiger partial charge < -0.3 is 0 Å². The molecule has 1 fully saturated rings. The lowest BCUT2D eigenvalue weighted by Gasteiger charge is -2.11. The van der Waals surface area contributed by atoms with E-state index in [1.165, 1.54) is 12.1 Å². The van der Waals surface area contributed by atoms with Crippen molar-refractivity contribution in [2.45, 2.75) is 10.6 Å². The Bertz CT molecular complexity index is 494. The van der Waals surface area contributed by atoms with E-state index in [-0.39, 0.29) is 4.21 Å².